The van der Waals surface area contributed by atoms with Gasteiger partial charge in [0.2, 0.25) is 0 Å². The number of benzene rings is 3. The summed E-state index contributed by atoms with van der Waals surface area (Å²) in [6.45, 7) is 4.79. The Labute approximate surface area is 197 Å². The second-order valence-electron chi connectivity index (χ2n) is 8.17. The number of hydrogen-bond donors (Lipinski definition) is 1. The predicted molar refractivity (Wildman–Crippen MR) is 129 cm³/mol. The Hall–Kier alpha value is -4.26. The first-order chi connectivity index (χ1) is 16.5. The highest BCUT2D eigenvalue weighted by Crippen LogP contribution is 2.39. The van der Waals surface area contributed by atoms with Crippen LogP contribution in [0.3, 0.4) is 0 Å². The molecule has 2 amide bonds. The van der Waals surface area contributed by atoms with Gasteiger partial charge in [-0.2, -0.15) is 0 Å². The molecular formula is C27H24N2O5. The van der Waals surface area contributed by atoms with Gasteiger partial charge in [-0.05, 0) is 43.7 Å². The van der Waals surface area contributed by atoms with Crippen LogP contribution in [0.15, 0.2) is 66.4 Å². The van der Waals surface area contributed by atoms with Crippen LogP contribution in [0.25, 0.3) is 5.57 Å². The molecule has 0 saturated heterocycles. The van der Waals surface area contributed by atoms with Gasteiger partial charge in [-0.25, -0.2) is 4.90 Å². The minimum absolute atomic E-state index is 0.172. The summed E-state index contributed by atoms with van der Waals surface area (Å²) < 4.78 is 16.8. The van der Waals surface area contributed by atoms with Crippen LogP contribution < -0.4 is 24.4 Å². The van der Waals surface area contributed by atoms with E-state index >= 15 is 0 Å². The molecule has 2 aliphatic rings. The highest BCUT2D eigenvalue weighted by Gasteiger charge is 2.41. The number of methoxy groups -OCH3 is 1. The van der Waals surface area contributed by atoms with Gasteiger partial charge in [-0.15, -0.1) is 0 Å². The number of rotatable bonds is 5. The maximum atomic E-state index is 13.8. The highest BCUT2D eigenvalue weighted by molar-refractivity contribution is 6.46. The normalized spacial score (nSPS) is 15.1. The molecule has 0 aliphatic carbocycles. The lowest BCUT2D eigenvalue weighted by Crippen LogP contribution is -2.33. The number of para-hydroxylation sites is 1. The summed E-state index contributed by atoms with van der Waals surface area (Å²) in [6.07, 6.45) is 0. The van der Waals surface area contributed by atoms with Gasteiger partial charge < -0.3 is 19.5 Å². The number of hydrogen-bond acceptors (Lipinski definition) is 6. The second kappa shape index (κ2) is 8.59. The van der Waals surface area contributed by atoms with Crippen molar-refractivity contribution in [1.29, 1.82) is 0 Å². The maximum absolute atomic E-state index is 13.8. The lowest BCUT2D eigenvalue weighted by Gasteiger charge is -2.20. The summed E-state index contributed by atoms with van der Waals surface area (Å²) in [6, 6.07) is 18.1. The van der Waals surface area contributed by atoms with E-state index in [-0.39, 0.29) is 11.3 Å². The summed E-state index contributed by atoms with van der Waals surface area (Å²) >= 11 is 0. The molecule has 0 fully saturated rings. The molecule has 0 bridgehead atoms. The fourth-order valence-electron chi connectivity index (χ4n) is 4.29. The minimum Gasteiger partial charge on any atom is -0.496 e. The van der Waals surface area contributed by atoms with Gasteiger partial charge >= 0.3 is 0 Å². The fourth-order valence-corrected chi connectivity index (χ4v) is 4.29. The summed E-state index contributed by atoms with van der Waals surface area (Å²) in [5.74, 6) is 0.872. The Kier molecular flexibility index (Phi) is 5.45. The molecule has 1 N–H and O–H groups in total. The third-order valence-corrected chi connectivity index (χ3v) is 5.86. The Bertz CT molecular complexity index is 1340. The SMILES string of the molecule is COc1ccccc1C1=C(Nc2ccc3c(c2)OCCO3)C(=O)N(c2ccc(C)cc2C)C1=O. The van der Waals surface area contributed by atoms with Crippen molar-refractivity contribution in [3.63, 3.8) is 0 Å². The van der Waals surface area contributed by atoms with Gasteiger partial charge in [0.1, 0.15) is 24.7 Å². The molecule has 0 atom stereocenters. The zero-order valence-electron chi connectivity index (χ0n) is 19.2. The Morgan fingerprint density at radius 3 is 2.41 bits per heavy atom. The topological polar surface area (TPSA) is 77.1 Å². The zero-order chi connectivity index (χ0) is 23.8. The van der Waals surface area contributed by atoms with Crippen molar-refractivity contribution < 1.29 is 23.8 Å². The van der Waals surface area contributed by atoms with Crippen LogP contribution in [0.2, 0.25) is 0 Å². The molecule has 0 saturated carbocycles. The lowest BCUT2D eigenvalue weighted by atomic mass is 10.0. The number of imide groups is 1. The van der Waals surface area contributed by atoms with Crippen molar-refractivity contribution in [2.75, 3.05) is 30.5 Å². The van der Waals surface area contributed by atoms with Crippen molar-refractivity contribution in [1.82, 2.24) is 0 Å². The van der Waals surface area contributed by atoms with Gasteiger partial charge in [-0.1, -0.05) is 35.9 Å². The number of nitrogens with one attached hydrogen (secondary N) is 1. The molecule has 7 nitrogen and oxygen atoms in total. The first kappa shape index (κ1) is 21.6. The van der Waals surface area contributed by atoms with Crippen molar-refractivity contribution in [3.05, 3.63) is 83.1 Å². The van der Waals surface area contributed by atoms with E-state index in [1.807, 2.05) is 38.1 Å². The largest absolute Gasteiger partial charge is 0.496 e. The Morgan fingerprint density at radius 2 is 1.65 bits per heavy atom. The van der Waals surface area contributed by atoms with Crippen LogP contribution in [0, 0.1) is 13.8 Å². The lowest BCUT2D eigenvalue weighted by molar-refractivity contribution is -0.120. The third-order valence-electron chi connectivity index (χ3n) is 5.86. The van der Waals surface area contributed by atoms with Crippen LogP contribution in [-0.4, -0.2) is 32.1 Å². The summed E-state index contributed by atoms with van der Waals surface area (Å²) in [5, 5.41) is 3.18. The molecule has 3 aromatic rings. The fraction of sp³-hybridized carbons (Fsp3) is 0.185. The Balaban J connectivity index is 1.63. The van der Waals surface area contributed by atoms with E-state index in [9.17, 15) is 9.59 Å². The molecule has 2 heterocycles. The standard InChI is InChI=1S/C27H24N2O5/c1-16-8-10-20(17(2)14-16)29-26(30)24(19-6-4-5-7-21(19)32-3)25(27(29)31)28-18-9-11-22-23(15-18)34-13-12-33-22/h4-11,14-15,28H,12-13H2,1-3H3. The summed E-state index contributed by atoms with van der Waals surface area (Å²) in [4.78, 5) is 28.7. The van der Waals surface area contributed by atoms with E-state index in [0.717, 1.165) is 11.1 Å². The number of anilines is 2. The second-order valence-corrected chi connectivity index (χ2v) is 8.17. The Morgan fingerprint density at radius 1 is 0.882 bits per heavy atom. The molecule has 34 heavy (non-hydrogen) atoms. The van der Waals surface area contributed by atoms with E-state index in [1.165, 1.54) is 12.0 Å². The number of aryl methyl sites for hydroxylation is 2. The molecule has 7 heteroatoms. The molecule has 0 unspecified atom stereocenters. The maximum Gasteiger partial charge on any atom is 0.282 e. The van der Waals surface area contributed by atoms with Crippen LogP contribution in [-0.2, 0) is 9.59 Å². The minimum atomic E-state index is -0.437. The zero-order valence-corrected chi connectivity index (χ0v) is 19.2. The average molecular weight is 456 g/mol. The first-order valence-corrected chi connectivity index (χ1v) is 11.0. The van der Waals surface area contributed by atoms with Crippen LogP contribution >= 0.6 is 0 Å². The van der Waals surface area contributed by atoms with E-state index in [0.29, 0.717) is 47.4 Å². The number of fused-ring (bicyclic) bond motifs is 1. The molecule has 3 aromatic carbocycles. The molecule has 2 aliphatic heterocycles. The highest BCUT2D eigenvalue weighted by atomic mass is 16.6. The summed E-state index contributed by atoms with van der Waals surface area (Å²) in [7, 11) is 1.54. The number of nitrogens with zero attached hydrogens (tertiary/aromatic N) is 1. The smallest absolute Gasteiger partial charge is 0.282 e. The summed E-state index contributed by atoms with van der Waals surface area (Å²) in [5.41, 5.74) is 4.00. The number of ether oxygens (including phenoxy) is 3. The molecular weight excluding hydrogens is 432 g/mol. The molecule has 0 spiro atoms. The number of carbonyl (C=O) groups excluding carboxylic acids is 2. The van der Waals surface area contributed by atoms with Crippen LogP contribution in [0.5, 0.6) is 17.2 Å². The number of amides is 2. The van der Waals surface area contributed by atoms with Crippen molar-refractivity contribution in [2.24, 2.45) is 0 Å². The van der Waals surface area contributed by atoms with Crippen LogP contribution in [0.4, 0.5) is 11.4 Å². The molecule has 5 rings (SSSR count). The molecule has 0 aromatic heterocycles. The third kappa shape index (κ3) is 3.65. The molecule has 0 radical (unpaired) electrons. The van der Waals surface area contributed by atoms with E-state index in [4.69, 9.17) is 14.2 Å². The van der Waals surface area contributed by atoms with E-state index in [1.54, 1.807) is 36.4 Å². The molecule has 172 valence electrons. The van der Waals surface area contributed by atoms with Gasteiger partial charge in [0.15, 0.2) is 11.5 Å². The van der Waals surface area contributed by atoms with Gasteiger partial charge in [0, 0.05) is 17.3 Å². The van der Waals surface area contributed by atoms with Crippen LogP contribution in [0.1, 0.15) is 16.7 Å². The monoisotopic (exact) mass is 456 g/mol. The number of carbonyl (C=O) groups is 2. The van der Waals surface area contributed by atoms with Crippen molar-refractivity contribution >= 4 is 28.8 Å². The van der Waals surface area contributed by atoms with E-state index in [2.05, 4.69) is 5.32 Å². The predicted octanol–water partition coefficient (Wildman–Crippen LogP) is 4.48. The van der Waals surface area contributed by atoms with Crippen molar-refractivity contribution in [2.45, 2.75) is 13.8 Å². The van der Waals surface area contributed by atoms with Gasteiger partial charge in [-0.3, -0.25) is 9.59 Å². The average Bonchev–Trinajstić information content (AvgIpc) is 3.08. The van der Waals surface area contributed by atoms with Gasteiger partial charge in [0.25, 0.3) is 11.8 Å². The first-order valence-electron chi connectivity index (χ1n) is 11.0. The quantitative estimate of drug-likeness (QED) is 0.571. The van der Waals surface area contributed by atoms with Gasteiger partial charge in [0.05, 0.1) is 18.4 Å². The van der Waals surface area contributed by atoms with Crippen molar-refractivity contribution in [3.8, 4) is 17.2 Å². The van der Waals surface area contributed by atoms with E-state index < -0.39 is 11.8 Å².